The summed E-state index contributed by atoms with van der Waals surface area (Å²) in [6.07, 6.45) is 0. The molecule has 0 fully saturated rings. The fraction of sp³-hybridized carbons (Fsp3) is 0.111. The Balaban J connectivity index is 2.11. The second-order valence-electron chi connectivity index (χ2n) is 3.13. The monoisotopic (exact) mass is 253 g/mol. The van der Waals surface area contributed by atoms with E-state index in [2.05, 4.69) is 15.5 Å². The highest BCUT2D eigenvalue weighted by atomic mass is 32.1. The normalized spacial score (nSPS) is 10.2. The molecule has 0 spiro atoms. The SMILES string of the molecule is Cc1cc(NC(=O)c2nc(C(=O)O)cs2)on1. The van der Waals surface area contributed by atoms with Crippen LogP contribution in [0.4, 0.5) is 5.88 Å². The Hall–Kier alpha value is -2.22. The summed E-state index contributed by atoms with van der Waals surface area (Å²) in [6.45, 7) is 1.71. The first kappa shape index (κ1) is 11.3. The van der Waals surface area contributed by atoms with E-state index in [1.165, 1.54) is 5.38 Å². The highest BCUT2D eigenvalue weighted by Gasteiger charge is 2.16. The van der Waals surface area contributed by atoms with Crippen LogP contribution in [0.3, 0.4) is 0 Å². The van der Waals surface area contributed by atoms with Gasteiger partial charge in [-0.05, 0) is 6.92 Å². The molecule has 0 unspecified atom stereocenters. The van der Waals surface area contributed by atoms with Gasteiger partial charge in [-0.1, -0.05) is 5.16 Å². The van der Waals surface area contributed by atoms with Gasteiger partial charge in [0.25, 0.3) is 5.91 Å². The highest BCUT2D eigenvalue weighted by Crippen LogP contribution is 2.14. The molecule has 88 valence electrons. The molecule has 0 atom stereocenters. The lowest BCUT2D eigenvalue weighted by atomic mass is 10.4. The zero-order valence-electron chi connectivity index (χ0n) is 8.63. The summed E-state index contributed by atoms with van der Waals surface area (Å²) in [6, 6.07) is 1.55. The fourth-order valence-corrected chi connectivity index (χ4v) is 1.75. The van der Waals surface area contributed by atoms with Crippen molar-refractivity contribution in [2.75, 3.05) is 5.32 Å². The van der Waals surface area contributed by atoms with Crippen molar-refractivity contribution >= 4 is 29.1 Å². The second kappa shape index (κ2) is 4.34. The largest absolute Gasteiger partial charge is 0.476 e. The molecule has 1 amide bonds. The lowest BCUT2D eigenvalue weighted by molar-refractivity contribution is 0.0691. The number of nitrogens with one attached hydrogen (secondary N) is 1. The van der Waals surface area contributed by atoms with Crippen molar-refractivity contribution in [3.05, 3.63) is 27.8 Å². The number of thiazole rings is 1. The van der Waals surface area contributed by atoms with Gasteiger partial charge in [0.1, 0.15) is 0 Å². The van der Waals surface area contributed by atoms with Crippen LogP contribution in [0.15, 0.2) is 16.0 Å². The van der Waals surface area contributed by atoms with Crippen LogP contribution in [0.1, 0.15) is 26.0 Å². The number of carbonyl (C=O) groups is 2. The predicted octanol–water partition coefficient (Wildman–Crippen LogP) is 1.39. The molecule has 2 heterocycles. The third kappa shape index (κ3) is 2.48. The molecule has 0 aliphatic carbocycles. The van der Waals surface area contributed by atoms with Gasteiger partial charge in [0.2, 0.25) is 5.88 Å². The zero-order valence-corrected chi connectivity index (χ0v) is 9.45. The smallest absolute Gasteiger partial charge is 0.355 e. The molecule has 0 radical (unpaired) electrons. The number of anilines is 1. The van der Waals surface area contributed by atoms with Gasteiger partial charge in [-0.2, -0.15) is 0 Å². The molecular weight excluding hydrogens is 246 g/mol. The standard InChI is InChI=1S/C9H7N3O4S/c1-4-2-6(16-12-4)11-7(13)8-10-5(3-17-8)9(14)15/h2-3H,1H3,(H,11,13)(H,14,15). The van der Waals surface area contributed by atoms with Crippen LogP contribution < -0.4 is 5.32 Å². The quantitative estimate of drug-likeness (QED) is 0.856. The van der Waals surface area contributed by atoms with Gasteiger partial charge in [0.15, 0.2) is 10.7 Å². The summed E-state index contributed by atoms with van der Waals surface area (Å²) in [4.78, 5) is 25.9. The predicted molar refractivity (Wildman–Crippen MR) is 58.3 cm³/mol. The molecule has 2 N–H and O–H groups in total. The topological polar surface area (TPSA) is 105 Å². The van der Waals surface area contributed by atoms with E-state index in [4.69, 9.17) is 9.63 Å². The second-order valence-corrected chi connectivity index (χ2v) is 3.99. The van der Waals surface area contributed by atoms with Gasteiger partial charge in [-0.15, -0.1) is 11.3 Å². The lowest BCUT2D eigenvalue weighted by Gasteiger charge is -1.95. The summed E-state index contributed by atoms with van der Waals surface area (Å²) in [5, 5.41) is 16.0. The first-order valence-corrected chi connectivity index (χ1v) is 5.37. The van der Waals surface area contributed by atoms with Crippen molar-refractivity contribution < 1.29 is 19.2 Å². The van der Waals surface area contributed by atoms with Crippen LogP contribution in [0.5, 0.6) is 0 Å². The van der Waals surface area contributed by atoms with E-state index in [1.807, 2.05) is 0 Å². The summed E-state index contributed by atoms with van der Waals surface area (Å²) < 4.78 is 4.79. The zero-order chi connectivity index (χ0) is 12.4. The molecule has 0 saturated heterocycles. The van der Waals surface area contributed by atoms with Crippen molar-refractivity contribution in [2.45, 2.75) is 6.92 Å². The van der Waals surface area contributed by atoms with E-state index in [9.17, 15) is 9.59 Å². The van der Waals surface area contributed by atoms with E-state index in [0.717, 1.165) is 11.3 Å². The third-order valence-corrected chi connectivity index (χ3v) is 2.62. The fourth-order valence-electron chi connectivity index (χ4n) is 1.06. The van der Waals surface area contributed by atoms with Crippen molar-refractivity contribution in [2.24, 2.45) is 0 Å². The number of hydrogen-bond donors (Lipinski definition) is 2. The van der Waals surface area contributed by atoms with Gasteiger partial charge < -0.3 is 9.63 Å². The molecule has 8 heteroatoms. The van der Waals surface area contributed by atoms with Crippen molar-refractivity contribution in [1.82, 2.24) is 10.1 Å². The van der Waals surface area contributed by atoms with E-state index in [0.29, 0.717) is 5.69 Å². The molecule has 17 heavy (non-hydrogen) atoms. The number of carbonyl (C=O) groups excluding carboxylic acids is 1. The number of amides is 1. The van der Waals surface area contributed by atoms with E-state index in [-0.39, 0.29) is 16.6 Å². The number of carboxylic acids is 1. The van der Waals surface area contributed by atoms with Gasteiger partial charge in [0, 0.05) is 11.4 Å². The van der Waals surface area contributed by atoms with Crippen LogP contribution >= 0.6 is 11.3 Å². The first-order valence-electron chi connectivity index (χ1n) is 4.50. The van der Waals surface area contributed by atoms with Crippen LogP contribution in [-0.2, 0) is 0 Å². The molecule has 0 bridgehead atoms. The highest BCUT2D eigenvalue weighted by molar-refractivity contribution is 7.12. The molecule has 2 aromatic heterocycles. The first-order chi connectivity index (χ1) is 8.06. The summed E-state index contributed by atoms with van der Waals surface area (Å²) in [5.41, 5.74) is 0.472. The molecule has 0 saturated carbocycles. The van der Waals surface area contributed by atoms with Crippen LogP contribution in [0.25, 0.3) is 0 Å². The Morgan fingerprint density at radius 2 is 2.29 bits per heavy atom. The maximum Gasteiger partial charge on any atom is 0.355 e. The maximum atomic E-state index is 11.6. The Morgan fingerprint density at radius 1 is 1.53 bits per heavy atom. The molecule has 7 nitrogen and oxygen atoms in total. The third-order valence-electron chi connectivity index (χ3n) is 1.78. The summed E-state index contributed by atoms with van der Waals surface area (Å²) in [5.74, 6) is -1.51. The Kier molecular flexibility index (Phi) is 2.88. The molecule has 2 aromatic rings. The van der Waals surface area contributed by atoms with Gasteiger partial charge >= 0.3 is 5.97 Å². The van der Waals surface area contributed by atoms with Crippen molar-refractivity contribution in [3.8, 4) is 0 Å². The molecule has 2 rings (SSSR count). The Morgan fingerprint density at radius 3 is 2.82 bits per heavy atom. The Labute approximate surface area is 99.1 Å². The Bertz CT molecular complexity index is 574. The summed E-state index contributed by atoms with van der Waals surface area (Å²) in [7, 11) is 0. The minimum Gasteiger partial charge on any atom is -0.476 e. The lowest BCUT2D eigenvalue weighted by Crippen LogP contribution is -2.11. The van der Waals surface area contributed by atoms with Crippen LogP contribution in [-0.4, -0.2) is 27.1 Å². The minimum atomic E-state index is -1.17. The average molecular weight is 253 g/mol. The van der Waals surface area contributed by atoms with E-state index in [1.54, 1.807) is 13.0 Å². The number of aromatic nitrogens is 2. The van der Waals surface area contributed by atoms with Crippen LogP contribution in [0.2, 0.25) is 0 Å². The van der Waals surface area contributed by atoms with Crippen molar-refractivity contribution in [3.63, 3.8) is 0 Å². The average Bonchev–Trinajstić information content (AvgIpc) is 2.86. The molecular formula is C9H7N3O4S. The molecule has 0 aliphatic rings. The molecule has 0 aromatic carbocycles. The number of rotatable bonds is 3. The summed E-state index contributed by atoms with van der Waals surface area (Å²) >= 11 is 0.946. The van der Waals surface area contributed by atoms with Gasteiger partial charge in [0.05, 0.1) is 5.69 Å². The maximum absolute atomic E-state index is 11.6. The van der Waals surface area contributed by atoms with Crippen molar-refractivity contribution in [1.29, 1.82) is 0 Å². The number of carboxylic acid groups (broad SMARTS) is 1. The number of aromatic carboxylic acids is 1. The number of aryl methyl sites for hydroxylation is 1. The van der Waals surface area contributed by atoms with Gasteiger partial charge in [-0.3, -0.25) is 10.1 Å². The number of hydrogen-bond acceptors (Lipinski definition) is 6. The van der Waals surface area contributed by atoms with E-state index < -0.39 is 11.9 Å². The van der Waals surface area contributed by atoms with Gasteiger partial charge in [-0.25, -0.2) is 9.78 Å². The van der Waals surface area contributed by atoms with Crippen LogP contribution in [0, 0.1) is 6.92 Å². The minimum absolute atomic E-state index is 0.0523. The van der Waals surface area contributed by atoms with E-state index >= 15 is 0 Å². The molecule has 0 aliphatic heterocycles. The number of nitrogens with zero attached hydrogens (tertiary/aromatic N) is 2.